The predicted molar refractivity (Wildman–Crippen MR) is 71.2 cm³/mol. The number of aromatic nitrogens is 2. The van der Waals surface area contributed by atoms with Crippen molar-refractivity contribution in [1.29, 1.82) is 0 Å². The van der Waals surface area contributed by atoms with Crippen LogP contribution >= 0.6 is 11.3 Å². The van der Waals surface area contributed by atoms with Gasteiger partial charge in [0.2, 0.25) is 0 Å². The van der Waals surface area contributed by atoms with Crippen LogP contribution in [0.15, 0.2) is 17.5 Å². The van der Waals surface area contributed by atoms with E-state index < -0.39 is 0 Å². The highest BCUT2D eigenvalue weighted by Crippen LogP contribution is 2.31. The van der Waals surface area contributed by atoms with Gasteiger partial charge in [-0.25, -0.2) is 0 Å². The molecule has 0 radical (unpaired) electrons. The van der Waals surface area contributed by atoms with Gasteiger partial charge in [-0.15, -0.1) is 11.3 Å². The summed E-state index contributed by atoms with van der Waals surface area (Å²) in [6.45, 7) is 6.68. The Labute approximate surface area is 105 Å². The zero-order chi connectivity index (χ0) is 11.8. The number of fused-ring (bicyclic) bond motifs is 1. The van der Waals surface area contributed by atoms with Crippen LogP contribution in [0.25, 0.3) is 10.6 Å². The maximum absolute atomic E-state index is 4.49. The molecular formula is C13H17N3S. The van der Waals surface area contributed by atoms with Crippen LogP contribution < -0.4 is 0 Å². The van der Waals surface area contributed by atoms with Gasteiger partial charge >= 0.3 is 0 Å². The van der Waals surface area contributed by atoms with E-state index in [0.717, 1.165) is 25.2 Å². The molecule has 4 heteroatoms. The lowest BCUT2D eigenvalue weighted by Crippen LogP contribution is -2.35. The summed E-state index contributed by atoms with van der Waals surface area (Å²) in [6.07, 6.45) is 1.09. The van der Waals surface area contributed by atoms with Crippen molar-refractivity contribution < 1.29 is 0 Å². The molecule has 90 valence electrons. The molecule has 1 aliphatic heterocycles. The van der Waals surface area contributed by atoms with E-state index in [4.69, 9.17) is 0 Å². The minimum Gasteiger partial charge on any atom is -0.296 e. The molecule has 3 nitrogen and oxygen atoms in total. The molecule has 0 bridgehead atoms. The van der Waals surface area contributed by atoms with Gasteiger partial charge in [0, 0.05) is 36.8 Å². The number of nitrogens with one attached hydrogen (secondary N) is 1. The van der Waals surface area contributed by atoms with Crippen LogP contribution in [0.2, 0.25) is 0 Å². The Morgan fingerprint density at radius 1 is 1.47 bits per heavy atom. The van der Waals surface area contributed by atoms with E-state index in [9.17, 15) is 0 Å². The molecule has 0 unspecified atom stereocenters. The zero-order valence-electron chi connectivity index (χ0n) is 10.2. The summed E-state index contributed by atoms with van der Waals surface area (Å²) in [5.74, 6) is 0. The molecule has 0 saturated carbocycles. The third-order valence-electron chi connectivity index (χ3n) is 3.45. The van der Waals surface area contributed by atoms with Gasteiger partial charge in [0.15, 0.2) is 0 Å². The first-order valence-electron chi connectivity index (χ1n) is 6.09. The van der Waals surface area contributed by atoms with E-state index in [0.29, 0.717) is 6.04 Å². The molecule has 0 atom stereocenters. The van der Waals surface area contributed by atoms with E-state index in [1.165, 1.54) is 16.1 Å². The highest BCUT2D eigenvalue weighted by atomic mass is 32.1. The number of hydrogen-bond donors (Lipinski definition) is 1. The molecular weight excluding hydrogens is 230 g/mol. The molecule has 0 amide bonds. The van der Waals surface area contributed by atoms with Gasteiger partial charge in [0.05, 0.1) is 4.88 Å². The van der Waals surface area contributed by atoms with Crippen LogP contribution in [0.5, 0.6) is 0 Å². The van der Waals surface area contributed by atoms with Crippen molar-refractivity contribution >= 4 is 11.3 Å². The number of thiophene rings is 1. The molecule has 3 rings (SSSR count). The first-order valence-corrected chi connectivity index (χ1v) is 6.97. The third-order valence-corrected chi connectivity index (χ3v) is 4.32. The Kier molecular flexibility index (Phi) is 2.76. The molecule has 1 aliphatic rings. The topological polar surface area (TPSA) is 31.9 Å². The SMILES string of the molecule is CC(C)N1CCc2[nH]nc(-c3cccs3)c2C1. The van der Waals surface area contributed by atoms with E-state index >= 15 is 0 Å². The van der Waals surface area contributed by atoms with Crippen LogP contribution in [-0.2, 0) is 13.0 Å². The van der Waals surface area contributed by atoms with Crippen LogP contribution in [0, 0.1) is 0 Å². The lowest BCUT2D eigenvalue weighted by Gasteiger charge is -2.30. The van der Waals surface area contributed by atoms with Crippen molar-refractivity contribution in [3.05, 3.63) is 28.8 Å². The average molecular weight is 247 g/mol. The molecule has 0 aliphatic carbocycles. The van der Waals surface area contributed by atoms with Crippen LogP contribution in [0.4, 0.5) is 0 Å². The van der Waals surface area contributed by atoms with Crippen LogP contribution in [0.1, 0.15) is 25.1 Å². The van der Waals surface area contributed by atoms with E-state index in [1.54, 1.807) is 11.3 Å². The van der Waals surface area contributed by atoms with E-state index in [1.807, 2.05) is 0 Å². The minimum absolute atomic E-state index is 0.606. The van der Waals surface area contributed by atoms with Crippen molar-refractivity contribution in [2.24, 2.45) is 0 Å². The van der Waals surface area contributed by atoms with Crippen molar-refractivity contribution in [3.63, 3.8) is 0 Å². The highest BCUT2D eigenvalue weighted by molar-refractivity contribution is 7.13. The number of rotatable bonds is 2. The fourth-order valence-electron chi connectivity index (χ4n) is 2.37. The van der Waals surface area contributed by atoms with Gasteiger partial charge in [-0.3, -0.25) is 10.00 Å². The van der Waals surface area contributed by atoms with Gasteiger partial charge < -0.3 is 0 Å². The number of H-pyrrole nitrogens is 1. The quantitative estimate of drug-likeness (QED) is 0.885. The lowest BCUT2D eigenvalue weighted by atomic mass is 10.0. The summed E-state index contributed by atoms with van der Waals surface area (Å²) in [6, 6.07) is 4.84. The standard InChI is InChI=1S/C13H17N3S/c1-9(2)16-6-5-11-10(8-16)13(15-14-11)12-4-3-7-17-12/h3-4,7,9H,5-6,8H2,1-2H3,(H,14,15). The maximum atomic E-state index is 4.49. The summed E-state index contributed by atoms with van der Waals surface area (Å²) < 4.78 is 0. The summed E-state index contributed by atoms with van der Waals surface area (Å²) in [5, 5.41) is 9.81. The van der Waals surface area contributed by atoms with Crippen molar-refractivity contribution in [2.75, 3.05) is 6.54 Å². The second-order valence-corrected chi connectivity index (χ2v) is 5.77. The van der Waals surface area contributed by atoms with Gasteiger partial charge in [0.1, 0.15) is 5.69 Å². The Morgan fingerprint density at radius 3 is 3.06 bits per heavy atom. The van der Waals surface area contributed by atoms with Crippen LogP contribution in [-0.4, -0.2) is 27.7 Å². The summed E-state index contributed by atoms with van der Waals surface area (Å²) in [5.41, 5.74) is 3.87. The minimum atomic E-state index is 0.606. The molecule has 1 N–H and O–H groups in total. The van der Waals surface area contributed by atoms with E-state index in [-0.39, 0.29) is 0 Å². The van der Waals surface area contributed by atoms with Gasteiger partial charge in [-0.1, -0.05) is 6.07 Å². The normalized spacial score (nSPS) is 16.4. The van der Waals surface area contributed by atoms with Gasteiger partial charge in [-0.05, 0) is 25.3 Å². The Bertz CT molecular complexity index is 499. The molecule has 2 aromatic rings. The first-order chi connectivity index (χ1) is 8.25. The number of hydrogen-bond acceptors (Lipinski definition) is 3. The molecule has 2 aromatic heterocycles. The smallest absolute Gasteiger partial charge is 0.107 e. The molecule has 0 saturated heterocycles. The second-order valence-electron chi connectivity index (χ2n) is 4.82. The zero-order valence-corrected chi connectivity index (χ0v) is 11.0. The Balaban J connectivity index is 1.97. The highest BCUT2D eigenvalue weighted by Gasteiger charge is 2.24. The molecule has 17 heavy (non-hydrogen) atoms. The van der Waals surface area contributed by atoms with Crippen molar-refractivity contribution in [3.8, 4) is 10.6 Å². The van der Waals surface area contributed by atoms with Crippen molar-refractivity contribution in [2.45, 2.75) is 32.9 Å². The summed E-state index contributed by atoms with van der Waals surface area (Å²) in [4.78, 5) is 3.78. The molecule has 0 fully saturated rings. The fraction of sp³-hybridized carbons (Fsp3) is 0.462. The van der Waals surface area contributed by atoms with Gasteiger partial charge in [-0.2, -0.15) is 5.10 Å². The average Bonchev–Trinajstić information content (AvgIpc) is 2.96. The lowest BCUT2D eigenvalue weighted by molar-refractivity contribution is 0.203. The molecule has 0 spiro atoms. The largest absolute Gasteiger partial charge is 0.296 e. The Morgan fingerprint density at radius 2 is 2.35 bits per heavy atom. The number of nitrogens with zero attached hydrogens (tertiary/aromatic N) is 2. The van der Waals surface area contributed by atoms with Crippen molar-refractivity contribution in [1.82, 2.24) is 15.1 Å². The molecule has 3 heterocycles. The number of aromatic amines is 1. The monoisotopic (exact) mass is 247 g/mol. The summed E-state index contributed by atoms with van der Waals surface area (Å²) >= 11 is 1.76. The third kappa shape index (κ3) is 1.91. The summed E-state index contributed by atoms with van der Waals surface area (Å²) in [7, 11) is 0. The predicted octanol–water partition coefficient (Wildman–Crippen LogP) is 2.90. The first kappa shape index (κ1) is 11.0. The fourth-order valence-corrected chi connectivity index (χ4v) is 3.12. The maximum Gasteiger partial charge on any atom is 0.107 e. The molecule has 0 aromatic carbocycles. The Hall–Kier alpha value is -1.13. The van der Waals surface area contributed by atoms with Crippen LogP contribution in [0.3, 0.4) is 0 Å². The second kappa shape index (κ2) is 4.27. The van der Waals surface area contributed by atoms with Gasteiger partial charge in [0.25, 0.3) is 0 Å². The van der Waals surface area contributed by atoms with E-state index in [2.05, 4.69) is 46.5 Å².